The Morgan fingerprint density at radius 3 is 2.14 bits per heavy atom. The second-order valence-electron chi connectivity index (χ2n) is 6.12. The minimum Gasteiger partial charge on any atom is -0.493 e. The van der Waals surface area contributed by atoms with Crippen LogP contribution in [0.25, 0.3) is 0 Å². The lowest BCUT2D eigenvalue weighted by molar-refractivity contribution is -0.145. The number of Topliss-reactive ketones (excluding diaryl/α,β-unsaturated/α-hetero) is 1. The number of rotatable bonds is 11. The van der Waals surface area contributed by atoms with Crippen LogP contribution < -0.4 is 14.2 Å². The van der Waals surface area contributed by atoms with Crippen molar-refractivity contribution in [3.63, 3.8) is 0 Å². The molecule has 0 spiro atoms. The van der Waals surface area contributed by atoms with Gasteiger partial charge in [-0.3, -0.25) is 9.59 Å². The van der Waals surface area contributed by atoms with E-state index in [1.807, 2.05) is 42.5 Å². The Balaban J connectivity index is 2.06. The Hall–Kier alpha value is -3.02. The van der Waals surface area contributed by atoms with E-state index in [1.54, 1.807) is 21.1 Å². The summed E-state index contributed by atoms with van der Waals surface area (Å²) >= 11 is 0. The Kier molecular flexibility index (Phi) is 8.34. The highest BCUT2D eigenvalue weighted by Crippen LogP contribution is 2.39. The lowest BCUT2D eigenvalue weighted by Gasteiger charge is -2.16. The Bertz CT molecular complexity index is 760. The fraction of sp³-hybridized carbons (Fsp3) is 0.364. The summed E-state index contributed by atoms with van der Waals surface area (Å²) in [4.78, 5) is 23.3. The van der Waals surface area contributed by atoms with Crippen molar-refractivity contribution in [2.45, 2.75) is 32.8 Å². The molecule has 0 aromatic heterocycles. The normalized spacial score (nSPS) is 10.2. The van der Waals surface area contributed by atoms with E-state index in [1.165, 1.54) is 0 Å². The smallest absolute Gasteiger partial charge is 0.313 e. The number of hydrogen-bond acceptors (Lipinski definition) is 6. The van der Waals surface area contributed by atoms with Crippen molar-refractivity contribution >= 4 is 11.8 Å². The molecular weight excluding hydrogens is 360 g/mol. The predicted molar refractivity (Wildman–Crippen MR) is 105 cm³/mol. The molecule has 0 N–H and O–H groups in total. The summed E-state index contributed by atoms with van der Waals surface area (Å²) in [6, 6.07) is 13.4. The second-order valence-corrected chi connectivity index (χ2v) is 6.12. The molecule has 0 unspecified atom stereocenters. The minimum absolute atomic E-state index is 0.166. The van der Waals surface area contributed by atoms with Crippen LogP contribution in [0.2, 0.25) is 0 Å². The van der Waals surface area contributed by atoms with Crippen LogP contribution >= 0.6 is 0 Å². The summed E-state index contributed by atoms with van der Waals surface area (Å²) in [5.41, 5.74) is 1.89. The summed E-state index contributed by atoms with van der Waals surface area (Å²) in [5, 5.41) is 0. The third-order valence-electron chi connectivity index (χ3n) is 4.09. The van der Waals surface area contributed by atoms with E-state index in [0.717, 1.165) is 11.1 Å². The van der Waals surface area contributed by atoms with Crippen molar-refractivity contribution in [1.82, 2.24) is 0 Å². The summed E-state index contributed by atoms with van der Waals surface area (Å²) < 4.78 is 21.6. The van der Waals surface area contributed by atoms with Gasteiger partial charge in [-0.1, -0.05) is 30.3 Å². The van der Waals surface area contributed by atoms with Gasteiger partial charge < -0.3 is 18.9 Å². The first-order valence-electron chi connectivity index (χ1n) is 9.16. The van der Waals surface area contributed by atoms with Gasteiger partial charge in [0.25, 0.3) is 0 Å². The largest absolute Gasteiger partial charge is 0.493 e. The van der Waals surface area contributed by atoms with E-state index in [4.69, 9.17) is 18.9 Å². The first-order valence-corrected chi connectivity index (χ1v) is 9.16. The molecule has 150 valence electrons. The maximum atomic E-state index is 11.9. The van der Waals surface area contributed by atoms with Crippen molar-refractivity contribution in [3.8, 4) is 17.2 Å². The van der Waals surface area contributed by atoms with E-state index >= 15 is 0 Å². The van der Waals surface area contributed by atoms with E-state index in [9.17, 15) is 9.59 Å². The molecule has 0 aliphatic carbocycles. The van der Waals surface area contributed by atoms with Gasteiger partial charge in [0.15, 0.2) is 11.5 Å². The molecule has 0 heterocycles. The SMILES string of the molecule is CCOC(=O)CC(=O)CCc1cc(OC)c(OCc2ccccc2)c(OC)c1. The van der Waals surface area contributed by atoms with Gasteiger partial charge in [-0.05, 0) is 36.6 Å². The molecule has 0 fully saturated rings. The van der Waals surface area contributed by atoms with Gasteiger partial charge in [0.2, 0.25) is 5.75 Å². The molecule has 0 radical (unpaired) electrons. The van der Waals surface area contributed by atoms with Crippen molar-refractivity contribution in [2.75, 3.05) is 20.8 Å². The van der Waals surface area contributed by atoms with Gasteiger partial charge >= 0.3 is 5.97 Å². The first kappa shape index (κ1) is 21.3. The molecule has 0 bridgehead atoms. The highest BCUT2D eigenvalue weighted by Gasteiger charge is 2.16. The lowest BCUT2D eigenvalue weighted by Crippen LogP contribution is -2.11. The fourth-order valence-electron chi connectivity index (χ4n) is 2.70. The highest BCUT2D eigenvalue weighted by molar-refractivity contribution is 5.95. The Labute approximate surface area is 165 Å². The zero-order chi connectivity index (χ0) is 20.4. The van der Waals surface area contributed by atoms with Gasteiger partial charge in [0.1, 0.15) is 18.8 Å². The van der Waals surface area contributed by atoms with Crippen LogP contribution in [0.15, 0.2) is 42.5 Å². The van der Waals surface area contributed by atoms with E-state index in [0.29, 0.717) is 30.3 Å². The van der Waals surface area contributed by atoms with Gasteiger partial charge in [0.05, 0.1) is 20.8 Å². The predicted octanol–water partition coefficient (Wildman–Crippen LogP) is 3.74. The molecule has 0 aliphatic heterocycles. The lowest BCUT2D eigenvalue weighted by atomic mass is 10.0. The van der Waals surface area contributed by atoms with E-state index in [2.05, 4.69) is 0 Å². The quantitative estimate of drug-likeness (QED) is 0.433. The minimum atomic E-state index is -0.493. The molecule has 0 amide bonds. The van der Waals surface area contributed by atoms with E-state index < -0.39 is 5.97 Å². The number of benzene rings is 2. The summed E-state index contributed by atoms with van der Waals surface area (Å²) in [6.07, 6.45) is 0.486. The molecule has 28 heavy (non-hydrogen) atoms. The van der Waals surface area contributed by atoms with Crippen LogP contribution in [0.3, 0.4) is 0 Å². The molecule has 2 aromatic carbocycles. The maximum Gasteiger partial charge on any atom is 0.313 e. The number of carbonyl (C=O) groups is 2. The molecule has 0 atom stereocenters. The van der Waals surface area contributed by atoms with Crippen LogP contribution in [-0.4, -0.2) is 32.6 Å². The van der Waals surface area contributed by atoms with Crippen LogP contribution in [-0.2, 0) is 27.4 Å². The number of ether oxygens (including phenoxy) is 4. The second kappa shape index (κ2) is 11.0. The van der Waals surface area contributed by atoms with Crippen LogP contribution in [0, 0.1) is 0 Å². The van der Waals surface area contributed by atoms with Crippen LogP contribution in [0.5, 0.6) is 17.2 Å². The third-order valence-corrected chi connectivity index (χ3v) is 4.09. The summed E-state index contributed by atoms with van der Waals surface area (Å²) in [6.45, 7) is 2.36. The van der Waals surface area contributed by atoms with Crippen molar-refractivity contribution in [3.05, 3.63) is 53.6 Å². The summed E-state index contributed by atoms with van der Waals surface area (Å²) in [5.74, 6) is 0.912. The molecule has 2 aromatic rings. The molecular formula is C22H26O6. The van der Waals surface area contributed by atoms with Gasteiger partial charge in [-0.2, -0.15) is 0 Å². The van der Waals surface area contributed by atoms with Crippen molar-refractivity contribution in [2.24, 2.45) is 0 Å². The molecule has 2 rings (SSSR count). The first-order chi connectivity index (χ1) is 13.6. The Morgan fingerprint density at radius 2 is 1.57 bits per heavy atom. The topological polar surface area (TPSA) is 71.1 Å². The molecule has 0 saturated heterocycles. The number of aryl methyl sites for hydroxylation is 1. The van der Waals surface area contributed by atoms with Gasteiger partial charge in [-0.15, -0.1) is 0 Å². The van der Waals surface area contributed by atoms with Gasteiger partial charge in [-0.25, -0.2) is 0 Å². The fourth-order valence-corrected chi connectivity index (χ4v) is 2.70. The average Bonchev–Trinajstić information content (AvgIpc) is 2.71. The highest BCUT2D eigenvalue weighted by atomic mass is 16.5. The number of methoxy groups -OCH3 is 2. The number of esters is 1. The molecule has 0 aliphatic rings. The number of ketones is 1. The van der Waals surface area contributed by atoms with E-state index in [-0.39, 0.29) is 25.2 Å². The Morgan fingerprint density at radius 1 is 0.929 bits per heavy atom. The van der Waals surface area contributed by atoms with Crippen LogP contribution in [0.1, 0.15) is 30.9 Å². The maximum absolute atomic E-state index is 11.9. The number of hydrogen-bond donors (Lipinski definition) is 0. The van der Waals surface area contributed by atoms with Crippen molar-refractivity contribution in [1.29, 1.82) is 0 Å². The zero-order valence-electron chi connectivity index (χ0n) is 16.5. The molecule has 6 nitrogen and oxygen atoms in total. The standard InChI is InChI=1S/C22H26O6/c1-4-27-21(24)14-18(23)11-10-17-12-19(25-2)22(20(13-17)26-3)28-15-16-8-6-5-7-9-16/h5-9,12-13H,4,10-11,14-15H2,1-3H3. The molecule has 0 saturated carbocycles. The van der Waals surface area contributed by atoms with Crippen LogP contribution in [0.4, 0.5) is 0 Å². The third kappa shape index (κ3) is 6.30. The zero-order valence-corrected chi connectivity index (χ0v) is 16.5. The van der Waals surface area contributed by atoms with Crippen molar-refractivity contribution < 1.29 is 28.5 Å². The molecule has 6 heteroatoms. The average molecular weight is 386 g/mol. The number of carbonyl (C=O) groups excluding carboxylic acids is 2. The van der Waals surface area contributed by atoms with Gasteiger partial charge in [0, 0.05) is 6.42 Å². The summed E-state index contributed by atoms with van der Waals surface area (Å²) in [7, 11) is 3.11. The monoisotopic (exact) mass is 386 g/mol.